The van der Waals surface area contributed by atoms with Crippen LogP contribution in [-0.2, 0) is 16.6 Å². The number of carbonyl (C=O) groups excluding carboxylic acids is 2. The van der Waals surface area contributed by atoms with Gasteiger partial charge >= 0.3 is 0 Å². The summed E-state index contributed by atoms with van der Waals surface area (Å²) < 4.78 is 7.25. The van der Waals surface area contributed by atoms with Gasteiger partial charge in [0.05, 0.1) is 11.9 Å². The summed E-state index contributed by atoms with van der Waals surface area (Å²) in [7, 11) is 3.35. The third-order valence-corrected chi connectivity index (χ3v) is 3.68. The number of nitrogens with zero attached hydrogens (tertiary/aromatic N) is 4. The van der Waals surface area contributed by atoms with Crippen LogP contribution in [0.1, 0.15) is 25.1 Å². The lowest BCUT2D eigenvalue weighted by molar-refractivity contribution is -0.136. The average molecular weight is 347 g/mol. The van der Waals surface area contributed by atoms with Crippen molar-refractivity contribution in [3.05, 3.63) is 17.3 Å². The molecule has 2 aromatic heterocycles. The first-order valence-corrected chi connectivity index (χ1v) is 8.16. The highest BCUT2D eigenvalue weighted by molar-refractivity contribution is 5.87. The molecular weight excluding hydrogens is 322 g/mol. The zero-order chi connectivity index (χ0) is 18.7. The van der Waals surface area contributed by atoms with Crippen molar-refractivity contribution < 1.29 is 14.3 Å². The maximum absolute atomic E-state index is 12.2. The third kappa shape index (κ3) is 4.46. The van der Waals surface area contributed by atoms with Crippen LogP contribution in [0.2, 0.25) is 0 Å². The lowest BCUT2D eigenvalue weighted by Gasteiger charge is -2.17. The Kier molecular flexibility index (Phi) is 5.61. The molecule has 0 spiro atoms. The summed E-state index contributed by atoms with van der Waals surface area (Å²) in [4.78, 5) is 29.7. The van der Waals surface area contributed by atoms with Crippen LogP contribution < -0.4 is 10.1 Å². The van der Waals surface area contributed by atoms with Crippen LogP contribution in [-0.4, -0.2) is 57.7 Å². The standard InChI is InChI=1S/C17H25N5O3/c1-10(2)18-13(23)8-21(5)14(24)9-25-17-15-11(3)7-12(4)19-16(15)22(6)20-17/h7,10H,8-9H2,1-6H3,(H,18,23). The lowest BCUT2D eigenvalue weighted by atomic mass is 10.2. The SMILES string of the molecule is Cc1cc(C)c2c(OCC(=O)N(C)CC(=O)NC(C)C)nn(C)c2n1. The highest BCUT2D eigenvalue weighted by Gasteiger charge is 2.18. The largest absolute Gasteiger partial charge is 0.466 e. The molecule has 0 aliphatic heterocycles. The zero-order valence-corrected chi connectivity index (χ0v) is 15.6. The normalized spacial score (nSPS) is 11.0. The first-order chi connectivity index (χ1) is 11.7. The highest BCUT2D eigenvalue weighted by Crippen LogP contribution is 2.26. The minimum absolute atomic E-state index is 0.0108. The second-order valence-electron chi connectivity index (χ2n) is 6.47. The summed E-state index contributed by atoms with van der Waals surface area (Å²) in [5, 5.41) is 7.84. The topological polar surface area (TPSA) is 89.4 Å². The molecule has 25 heavy (non-hydrogen) atoms. The molecule has 2 amide bonds. The number of fused-ring (bicyclic) bond motifs is 1. The monoisotopic (exact) mass is 347 g/mol. The number of aryl methyl sites for hydroxylation is 3. The molecule has 8 nitrogen and oxygen atoms in total. The molecule has 0 atom stereocenters. The minimum Gasteiger partial charge on any atom is -0.466 e. The van der Waals surface area contributed by atoms with Gasteiger partial charge in [0.15, 0.2) is 12.3 Å². The molecule has 0 fully saturated rings. The summed E-state index contributed by atoms with van der Waals surface area (Å²) in [5.41, 5.74) is 2.60. The Morgan fingerprint density at radius 3 is 2.68 bits per heavy atom. The fraction of sp³-hybridized carbons (Fsp3) is 0.529. The van der Waals surface area contributed by atoms with Crippen LogP contribution in [0.25, 0.3) is 11.0 Å². The molecule has 0 unspecified atom stereocenters. The van der Waals surface area contributed by atoms with E-state index in [4.69, 9.17) is 4.74 Å². The molecule has 0 aromatic carbocycles. The molecule has 0 aliphatic rings. The van der Waals surface area contributed by atoms with Crippen molar-refractivity contribution in [2.45, 2.75) is 33.7 Å². The van der Waals surface area contributed by atoms with Gasteiger partial charge in [-0.15, -0.1) is 5.10 Å². The van der Waals surface area contributed by atoms with Gasteiger partial charge in [-0.25, -0.2) is 9.67 Å². The molecule has 0 radical (unpaired) electrons. The van der Waals surface area contributed by atoms with Gasteiger partial charge in [-0.3, -0.25) is 9.59 Å². The smallest absolute Gasteiger partial charge is 0.260 e. The van der Waals surface area contributed by atoms with Crippen molar-refractivity contribution >= 4 is 22.8 Å². The fourth-order valence-corrected chi connectivity index (χ4v) is 2.56. The van der Waals surface area contributed by atoms with Crippen LogP contribution in [0.4, 0.5) is 0 Å². The summed E-state index contributed by atoms with van der Waals surface area (Å²) in [5.74, 6) is -0.129. The van der Waals surface area contributed by atoms with Crippen molar-refractivity contribution in [2.75, 3.05) is 20.2 Å². The molecule has 1 N–H and O–H groups in total. The van der Waals surface area contributed by atoms with Crippen LogP contribution in [0.5, 0.6) is 5.88 Å². The molecule has 2 aromatic rings. The number of nitrogens with one attached hydrogen (secondary N) is 1. The van der Waals surface area contributed by atoms with Gasteiger partial charge in [-0.05, 0) is 39.3 Å². The number of aromatic nitrogens is 3. The van der Waals surface area contributed by atoms with Crippen molar-refractivity contribution in [3.8, 4) is 5.88 Å². The van der Waals surface area contributed by atoms with Gasteiger partial charge < -0.3 is 15.0 Å². The van der Waals surface area contributed by atoms with E-state index in [0.717, 1.165) is 16.6 Å². The first-order valence-electron chi connectivity index (χ1n) is 8.16. The van der Waals surface area contributed by atoms with Gasteiger partial charge in [-0.2, -0.15) is 0 Å². The quantitative estimate of drug-likeness (QED) is 0.840. The van der Waals surface area contributed by atoms with Crippen LogP contribution in [0, 0.1) is 13.8 Å². The Bertz CT molecular complexity index is 797. The number of ether oxygens (including phenoxy) is 1. The molecule has 136 valence electrons. The van der Waals surface area contributed by atoms with Gasteiger partial charge in [0.1, 0.15) is 0 Å². The van der Waals surface area contributed by atoms with Gasteiger partial charge in [0.25, 0.3) is 5.91 Å². The van der Waals surface area contributed by atoms with E-state index < -0.39 is 0 Å². The number of hydrogen-bond donors (Lipinski definition) is 1. The maximum atomic E-state index is 12.2. The summed E-state index contributed by atoms with van der Waals surface area (Å²) in [6, 6.07) is 1.98. The van der Waals surface area contributed by atoms with Gasteiger partial charge in [0, 0.05) is 25.8 Å². The van der Waals surface area contributed by atoms with Crippen molar-refractivity contribution in [1.29, 1.82) is 0 Å². The lowest BCUT2D eigenvalue weighted by Crippen LogP contribution is -2.42. The van der Waals surface area contributed by atoms with Crippen molar-refractivity contribution in [1.82, 2.24) is 25.0 Å². The molecule has 0 saturated carbocycles. The van der Waals surface area contributed by atoms with E-state index >= 15 is 0 Å². The molecule has 0 aliphatic carbocycles. The number of likely N-dealkylation sites (N-methyl/N-ethyl adjacent to an activating group) is 1. The number of rotatable bonds is 6. The summed E-state index contributed by atoms with van der Waals surface area (Å²) in [6.07, 6.45) is 0. The van der Waals surface area contributed by atoms with E-state index in [1.54, 1.807) is 18.8 Å². The number of amides is 2. The third-order valence-electron chi connectivity index (χ3n) is 3.68. The summed E-state index contributed by atoms with van der Waals surface area (Å²) in [6.45, 7) is 7.41. The Morgan fingerprint density at radius 1 is 1.36 bits per heavy atom. The van der Waals surface area contributed by atoms with E-state index in [1.165, 1.54) is 4.90 Å². The van der Waals surface area contributed by atoms with E-state index in [2.05, 4.69) is 15.4 Å². The molecular formula is C17H25N5O3. The van der Waals surface area contributed by atoms with Crippen molar-refractivity contribution in [2.24, 2.45) is 7.05 Å². The van der Waals surface area contributed by atoms with Crippen LogP contribution in [0.15, 0.2) is 6.07 Å². The molecule has 0 bridgehead atoms. The van der Waals surface area contributed by atoms with E-state index in [0.29, 0.717) is 11.5 Å². The first kappa shape index (κ1) is 18.7. The minimum atomic E-state index is -0.296. The second-order valence-corrected chi connectivity index (χ2v) is 6.47. The van der Waals surface area contributed by atoms with E-state index in [-0.39, 0.29) is 31.0 Å². The van der Waals surface area contributed by atoms with Crippen molar-refractivity contribution in [3.63, 3.8) is 0 Å². The predicted octanol–water partition coefficient (Wildman–Crippen LogP) is 0.947. The van der Waals surface area contributed by atoms with Gasteiger partial charge in [0.2, 0.25) is 11.8 Å². The number of hydrogen-bond acceptors (Lipinski definition) is 5. The maximum Gasteiger partial charge on any atom is 0.260 e. The molecule has 8 heteroatoms. The summed E-state index contributed by atoms with van der Waals surface area (Å²) >= 11 is 0. The average Bonchev–Trinajstić information content (AvgIpc) is 2.80. The predicted molar refractivity (Wildman–Crippen MR) is 94.4 cm³/mol. The Labute approximate surface area is 147 Å². The van der Waals surface area contributed by atoms with E-state index in [1.807, 2.05) is 33.8 Å². The Morgan fingerprint density at radius 2 is 2.04 bits per heavy atom. The number of carbonyl (C=O) groups is 2. The molecule has 2 heterocycles. The highest BCUT2D eigenvalue weighted by atomic mass is 16.5. The fourth-order valence-electron chi connectivity index (χ4n) is 2.56. The Hall–Kier alpha value is -2.64. The van der Waals surface area contributed by atoms with Gasteiger partial charge in [-0.1, -0.05) is 0 Å². The molecule has 2 rings (SSSR count). The number of pyridine rings is 1. The van der Waals surface area contributed by atoms with Crippen LogP contribution >= 0.6 is 0 Å². The molecule has 0 saturated heterocycles. The van der Waals surface area contributed by atoms with Crippen LogP contribution in [0.3, 0.4) is 0 Å². The van der Waals surface area contributed by atoms with E-state index in [9.17, 15) is 9.59 Å². The second kappa shape index (κ2) is 7.50. The Balaban J connectivity index is 2.05. The zero-order valence-electron chi connectivity index (χ0n) is 15.6.